The van der Waals surface area contributed by atoms with Gasteiger partial charge in [0.2, 0.25) is 5.91 Å². The Kier molecular flexibility index (Phi) is 4.12. The third-order valence-electron chi connectivity index (χ3n) is 2.18. The SMILES string of the molecule is Cc1cccc(CNCCC(N)=O)c1O. The number of carbonyl (C=O) groups excluding carboxylic acids is 1. The molecular weight excluding hydrogens is 192 g/mol. The van der Waals surface area contributed by atoms with Crippen LogP contribution in [-0.4, -0.2) is 17.6 Å². The standard InChI is InChI=1S/C11H16N2O2/c1-8-3-2-4-9(11(8)15)7-13-6-5-10(12)14/h2-4,13,15H,5-7H2,1H3,(H2,12,14). The zero-order chi connectivity index (χ0) is 11.3. The molecule has 4 nitrogen and oxygen atoms in total. The molecule has 1 aromatic rings. The molecule has 0 aromatic heterocycles. The summed E-state index contributed by atoms with van der Waals surface area (Å²) in [6.45, 7) is 2.92. The van der Waals surface area contributed by atoms with Gasteiger partial charge in [0.1, 0.15) is 5.75 Å². The Bertz CT molecular complexity index is 350. The van der Waals surface area contributed by atoms with Crippen LogP contribution in [0.4, 0.5) is 0 Å². The molecule has 15 heavy (non-hydrogen) atoms. The van der Waals surface area contributed by atoms with Crippen molar-refractivity contribution in [2.45, 2.75) is 19.9 Å². The molecule has 0 heterocycles. The van der Waals surface area contributed by atoms with Crippen LogP contribution in [0.25, 0.3) is 0 Å². The minimum absolute atomic E-state index is 0.309. The molecule has 0 aliphatic heterocycles. The van der Waals surface area contributed by atoms with E-state index in [0.29, 0.717) is 25.3 Å². The Hall–Kier alpha value is -1.55. The number of para-hydroxylation sites is 1. The summed E-state index contributed by atoms with van der Waals surface area (Å²) in [6, 6.07) is 5.59. The maximum absolute atomic E-state index is 10.5. The summed E-state index contributed by atoms with van der Waals surface area (Å²) in [4.78, 5) is 10.5. The molecule has 4 N–H and O–H groups in total. The molecule has 0 saturated carbocycles. The Labute approximate surface area is 89.1 Å². The van der Waals surface area contributed by atoms with Crippen LogP contribution in [0.3, 0.4) is 0 Å². The summed E-state index contributed by atoms with van der Waals surface area (Å²) in [5, 5.41) is 12.7. The number of amides is 1. The number of hydrogen-bond acceptors (Lipinski definition) is 3. The third kappa shape index (κ3) is 3.59. The topological polar surface area (TPSA) is 75.3 Å². The third-order valence-corrected chi connectivity index (χ3v) is 2.18. The number of hydrogen-bond donors (Lipinski definition) is 3. The molecule has 0 spiro atoms. The molecule has 82 valence electrons. The molecule has 0 fully saturated rings. The van der Waals surface area contributed by atoms with Gasteiger partial charge in [-0.3, -0.25) is 4.79 Å². The smallest absolute Gasteiger partial charge is 0.218 e. The lowest BCUT2D eigenvalue weighted by atomic mass is 10.1. The fourth-order valence-corrected chi connectivity index (χ4v) is 1.30. The fraction of sp³-hybridized carbons (Fsp3) is 0.364. The predicted molar refractivity (Wildman–Crippen MR) is 58.4 cm³/mol. The molecule has 0 aliphatic carbocycles. The van der Waals surface area contributed by atoms with Crippen LogP contribution >= 0.6 is 0 Å². The lowest BCUT2D eigenvalue weighted by molar-refractivity contribution is -0.117. The molecule has 0 radical (unpaired) electrons. The molecule has 1 aromatic carbocycles. The first kappa shape index (κ1) is 11.5. The Balaban J connectivity index is 2.44. The van der Waals surface area contributed by atoms with Gasteiger partial charge in [0.05, 0.1) is 0 Å². The molecule has 1 amide bonds. The highest BCUT2D eigenvalue weighted by molar-refractivity contribution is 5.73. The Morgan fingerprint density at radius 3 is 2.93 bits per heavy atom. The van der Waals surface area contributed by atoms with Gasteiger partial charge in [-0.1, -0.05) is 18.2 Å². The fourth-order valence-electron chi connectivity index (χ4n) is 1.30. The van der Waals surface area contributed by atoms with Crippen molar-refractivity contribution in [3.63, 3.8) is 0 Å². The summed E-state index contributed by atoms with van der Waals surface area (Å²) in [5.74, 6) is -0.0139. The van der Waals surface area contributed by atoms with Crippen LogP contribution in [0.15, 0.2) is 18.2 Å². The van der Waals surface area contributed by atoms with E-state index in [9.17, 15) is 9.90 Å². The lowest BCUT2D eigenvalue weighted by Crippen LogP contribution is -2.21. The summed E-state index contributed by atoms with van der Waals surface area (Å²) >= 11 is 0. The van der Waals surface area contributed by atoms with Gasteiger partial charge >= 0.3 is 0 Å². The van der Waals surface area contributed by atoms with Crippen molar-refractivity contribution < 1.29 is 9.90 Å². The summed E-state index contributed by atoms with van der Waals surface area (Å²) in [6.07, 6.45) is 0.312. The number of nitrogens with two attached hydrogens (primary N) is 1. The first-order valence-electron chi connectivity index (χ1n) is 4.87. The zero-order valence-corrected chi connectivity index (χ0v) is 8.79. The highest BCUT2D eigenvalue weighted by Gasteiger charge is 2.02. The van der Waals surface area contributed by atoms with Crippen molar-refractivity contribution in [1.82, 2.24) is 5.32 Å². The van der Waals surface area contributed by atoms with Gasteiger partial charge in [-0.25, -0.2) is 0 Å². The Morgan fingerprint density at radius 2 is 2.27 bits per heavy atom. The van der Waals surface area contributed by atoms with Gasteiger partial charge in [0.15, 0.2) is 0 Å². The van der Waals surface area contributed by atoms with Gasteiger partial charge < -0.3 is 16.2 Å². The van der Waals surface area contributed by atoms with Crippen molar-refractivity contribution in [2.75, 3.05) is 6.54 Å². The van der Waals surface area contributed by atoms with Crippen LogP contribution in [0.1, 0.15) is 17.5 Å². The largest absolute Gasteiger partial charge is 0.507 e. The maximum atomic E-state index is 10.5. The van der Waals surface area contributed by atoms with Gasteiger partial charge in [0, 0.05) is 25.1 Å². The number of phenols is 1. The molecule has 0 aliphatic rings. The summed E-state index contributed by atoms with van der Waals surface area (Å²) in [5.41, 5.74) is 6.68. The highest BCUT2D eigenvalue weighted by Crippen LogP contribution is 2.20. The minimum atomic E-state index is -0.323. The van der Waals surface area contributed by atoms with Crippen LogP contribution < -0.4 is 11.1 Å². The summed E-state index contributed by atoms with van der Waals surface area (Å²) in [7, 11) is 0. The van der Waals surface area contributed by atoms with E-state index in [0.717, 1.165) is 11.1 Å². The van der Waals surface area contributed by atoms with E-state index in [1.807, 2.05) is 25.1 Å². The van der Waals surface area contributed by atoms with Crippen molar-refractivity contribution in [3.05, 3.63) is 29.3 Å². The van der Waals surface area contributed by atoms with E-state index in [-0.39, 0.29) is 5.91 Å². The van der Waals surface area contributed by atoms with Crippen LogP contribution in [0.2, 0.25) is 0 Å². The van der Waals surface area contributed by atoms with E-state index in [1.165, 1.54) is 0 Å². The average Bonchev–Trinajstić information content (AvgIpc) is 2.18. The number of benzene rings is 1. The summed E-state index contributed by atoms with van der Waals surface area (Å²) < 4.78 is 0. The maximum Gasteiger partial charge on any atom is 0.218 e. The molecule has 4 heteroatoms. The second-order valence-electron chi connectivity index (χ2n) is 3.48. The van der Waals surface area contributed by atoms with E-state index < -0.39 is 0 Å². The molecule has 0 bridgehead atoms. The lowest BCUT2D eigenvalue weighted by Gasteiger charge is -2.07. The van der Waals surface area contributed by atoms with Gasteiger partial charge in [-0.05, 0) is 12.5 Å². The highest BCUT2D eigenvalue weighted by atomic mass is 16.3. The first-order chi connectivity index (χ1) is 7.11. The van der Waals surface area contributed by atoms with Crippen molar-refractivity contribution in [1.29, 1.82) is 0 Å². The second-order valence-corrected chi connectivity index (χ2v) is 3.48. The number of aromatic hydroxyl groups is 1. The number of carbonyl (C=O) groups is 1. The number of phenolic OH excluding ortho intramolecular Hbond substituents is 1. The number of aryl methyl sites for hydroxylation is 1. The number of primary amides is 1. The van der Waals surface area contributed by atoms with Crippen LogP contribution in [0.5, 0.6) is 5.75 Å². The first-order valence-corrected chi connectivity index (χ1v) is 4.87. The molecule has 0 unspecified atom stereocenters. The van der Waals surface area contributed by atoms with E-state index >= 15 is 0 Å². The van der Waals surface area contributed by atoms with Gasteiger partial charge in [0.25, 0.3) is 0 Å². The minimum Gasteiger partial charge on any atom is -0.507 e. The van der Waals surface area contributed by atoms with Crippen molar-refractivity contribution >= 4 is 5.91 Å². The number of nitrogens with one attached hydrogen (secondary N) is 1. The van der Waals surface area contributed by atoms with Gasteiger partial charge in [-0.15, -0.1) is 0 Å². The van der Waals surface area contributed by atoms with Crippen LogP contribution in [0, 0.1) is 6.92 Å². The van der Waals surface area contributed by atoms with Crippen molar-refractivity contribution in [3.8, 4) is 5.75 Å². The average molecular weight is 208 g/mol. The number of rotatable bonds is 5. The van der Waals surface area contributed by atoms with Crippen molar-refractivity contribution in [2.24, 2.45) is 5.73 Å². The molecule has 1 rings (SSSR count). The van der Waals surface area contributed by atoms with Crippen LogP contribution in [-0.2, 0) is 11.3 Å². The quantitative estimate of drug-likeness (QED) is 0.622. The zero-order valence-electron chi connectivity index (χ0n) is 8.79. The predicted octanol–water partition coefficient (Wildman–Crippen LogP) is 0.666. The molecule has 0 atom stereocenters. The monoisotopic (exact) mass is 208 g/mol. The molecule has 0 saturated heterocycles. The second kappa shape index (κ2) is 5.36. The van der Waals surface area contributed by atoms with Gasteiger partial charge in [-0.2, -0.15) is 0 Å². The molecular formula is C11H16N2O2. The Morgan fingerprint density at radius 1 is 1.53 bits per heavy atom. The normalized spacial score (nSPS) is 10.2. The van der Waals surface area contributed by atoms with E-state index in [2.05, 4.69) is 5.32 Å². The van der Waals surface area contributed by atoms with E-state index in [1.54, 1.807) is 0 Å². The van der Waals surface area contributed by atoms with E-state index in [4.69, 9.17) is 5.73 Å².